The second-order valence-corrected chi connectivity index (χ2v) is 8.36. The lowest BCUT2D eigenvalue weighted by molar-refractivity contribution is 0.0882. The second-order valence-electron chi connectivity index (χ2n) is 8.36. The van der Waals surface area contributed by atoms with Gasteiger partial charge in [0.25, 0.3) is 11.8 Å². The third-order valence-electron chi connectivity index (χ3n) is 5.77. The van der Waals surface area contributed by atoms with Crippen molar-refractivity contribution in [3.8, 4) is 5.75 Å². The summed E-state index contributed by atoms with van der Waals surface area (Å²) in [6.07, 6.45) is -0.755. The molecule has 0 aliphatic heterocycles. The fourth-order valence-electron chi connectivity index (χ4n) is 3.80. The van der Waals surface area contributed by atoms with Gasteiger partial charge in [-0.05, 0) is 60.4 Å². The number of aryl methyl sites for hydroxylation is 2. The smallest absolute Gasteiger partial charge is 0.253 e. The number of rotatable bonds is 8. The molecule has 0 radical (unpaired) electrons. The van der Waals surface area contributed by atoms with Crippen molar-refractivity contribution in [2.75, 3.05) is 0 Å². The largest absolute Gasteiger partial charge is 0.489 e. The van der Waals surface area contributed by atoms with E-state index in [0.717, 1.165) is 16.7 Å². The fourth-order valence-corrected chi connectivity index (χ4v) is 3.80. The van der Waals surface area contributed by atoms with Crippen LogP contribution in [0, 0.1) is 13.8 Å². The monoisotopic (exact) mass is 464 g/mol. The van der Waals surface area contributed by atoms with Gasteiger partial charge in [0.05, 0.1) is 0 Å². The molecule has 0 saturated heterocycles. The van der Waals surface area contributed by atoms with Gasteiger partial charge in [-0.15, -0.1) is 0 Å². The minimum atomic E-state index is -0.755. The number of ether oxygens (including phenoxy) is 1. The zero-order valence-corrected chi connectivity index (χ0v) is 19.8. The van der Waals surface area contributed by atoms with E-state index in [0.29, 0.717) is 29.0 Å². The third-order valence-corrected chi connectivity index (χ3v) is 5.77. The SMILES string of the molecule is Cc1ccccc1C(=O)NC(NC(=O)c1ccccc1C)c1cccc(OCc2ccccc2)c1. The molecule has 5 heteroatoms. The number of hydrogen-bond acceptors (Lipinski definition) is 3. The Morgan fingerprint density at radius 2 is 1.23 bits per heavy atom. The van der Waals surface area contributed by atoms with E-state index in [-0.39, 0.29) is 11.8 Å². The number of carbonyl (C=O) groups is 2. The highest BCUT2D eigenvalue weighted by Gasteiger charge is 2.21. The average molecular weight is 465 g/mol. The Kier molecular flexibility index (Phi) is 7.58. The molecule has 0 spiro atoms. The Bertz CT molecular complexity index is 1260. The summed E-state index contributed by atoms with van der Waals surface area (Å²) < 4.78 is 5.97. The molecular weight excluding hydrogens is 436 g/mol. The van der Waals surface area contributed by atoms with Crippen LogP contribution in [0.4, 0.5) is 0 Å². The van der Waals surface area contributed by atoms with Crippen molar-refractivity contribution in [1.82, 2.24) is 10.6 Å². The summed E-state index contributed by atoms with van der Waals surface area (Å²) in [5.74, 6) is 0.106. The van der Waals surface area contributed by atoms with Gasteiger partial charge in [0.15, 0.2) is 0 Å². The quantitative estimate of drug-likeness (QED) is 0.327. The molecule has 0 aliphatic carbocycles. The standard InChI is InChI=1S/C30H28N2O3/c1-21-11-6-8-17-26(21)29(33)31-28(32-30(34)27-18-9-7-12-22(27)2)24-15-10-16-25(19-24)35-20-23-13-4-3-5-14-23/h3-19,28H,20H2,1-2H3,(H,31,33)(H,32,34). The lowest BCUT2D eigenvalue weighted by Crippen LogP contribution is -2.41. The molecule has 5 nitrogen and oxygen atoms in total. The minimum Gasteiger partial charge on any atom is -0.489 e. The van der Waals surface area contributed by atoms with Crippen molar-refractivity contribution in [1.29, 1.82) is 0 Å². The molecule has 0 atom stereocenters. The molecule has 4 rings (SSSR count). The molecule has 0 aliphatic rings. The van der Waals surface area contributed by atoms with Crippen molar-refractivity contribution < 1.29 is 14.3 Å². The highest BCUT2D eigenvalue weighted by molar-refractivity contribution is 5.98. The maximum atomic E-state index is 13.1. The van der Waals surface area contributed by atoms with Crippen LogP contribution >= 0.6 is 0 Å². The molecule has 0 aromatic heterocycles. The van der Waals surface area contributed by atoms with Crippen LogP contribution in [0.3, 0.4) is 0 Å². The molecule has 2 amide bonds. The maximum absolute atomic E-state index is 13.1. The number of hydrogen-bond donors (Lipinski definition) is 2. The van der Waals surface area contributed by atoms with E-state index < -0.39 is 6.17 Å². The lowest BCUT2D eigenvalue weighted by atomic mass is 10.1. The van der Waals surface area contributed by atoms with Crippen LogP contribution in [-0.4, -0.2) is 11.8 Å². The summed E-state index contributed by atoms with van der Waals surface area (Å²) in [5, 5.41) is 5.97. The highest BCUT2D eigenvalue weighted by Crippen LogP contribution is 2.21. The average Bonchev–Trinajstić information content (AvgIpc) is 2.88. The van der Waals surface area contributed by atoms with E-state index in [9.17, 15) is 9.59 Å². The first kappa shape index (κ1) is 23.8. The molecule has 0 unspecified atom stereocenters. The molecule has 4 aromatic carbocycles. The predicted octanol–water partition coefficient (Wildman–Crippen LogP) is 5.74. The molecule has 176 valence electrons. The minimum absolute atomic E-state index is 0.270. The first-order valence-electron chi connectivity index (χ1n) is 11.5. The van der Waals surface area contributed by atoms with Crippen LogP contribution in [-0.2, 0) is 6.61 Å². The van der Waals surface area contributed by atoms with Gasteiger partial charge in [-0.25, -0.2) is 0 Å². The third kappa shape index (κ3) is 6.15. The Balaban J connectivity index is 1.59. The summed E-state index contributed by atoms with van der Waals surface area (Å²) in [6.45, 7) is 4.18. The Morgan fingerprint density at radius 3 is 1.80 bits per heavy atom. The van der Waals surface area contributed by atoms with Crippen molar-refractivity contribution in [2.24, 2.45) is 0 Å². The molecule has 0 bridgehead atoms. The Morgan fingerprint density at radius 1 is 0.686 bits per heavy atom. The molecule has 0 heterocycles. The summed E-state index contributed by atoms with van der Waals surface area (Å²) in [6, 6.07) is 32.0. The number of benzene rings is 4. The van der Waals surface area contributed by atoms with E-state index in [4.69, 9.17) is 4.74 Å². The van der Waals surface area contributed by atoms with E-state index in [1.165, 1.54) is 0 Å². The molecule has 2 N–H and O–H groups in total. The normalized spacial score (nSPS) is 10.6. The van der Waals surface area contributed by atoms with E-state index >= 15 is 0 Å². The van der Waals surface area contributed by atoms with Crippen LogP contribution in [0.1, 0.15) is 49.1 Å². The number of amides is 2. The molecule has 4 aromatic rings. The van der Waals surface area contributed by atoms with Crippen LogP contribution < -0.4 is 15.4 Å². The second kappa shape index (κ2) is 11.2. The summed E-state index contributed by atoms with van der Waals surface area (Å²) >= 11 is 0. The van der Waals surface area contributed by atoms with Crippen molar-refractivity contribution in [3.63, 3.8) is 0 Å². The van der Waals surface area contributed by atoms with Gasteiger partial charge in [0, 0.05) is 11.1 Å². The van der Waals surface area contributed by atoms with E-state index in [1.807, 2.05) is 105 Å². The topological polar surface area (TPSA) is 67.4 Å². The number of carbonyl (C=O) groups excluding carboxylic acids is 2. The maximum Gasteiger partial charge on any atom is 0.253 e. The fraction of sp³-hybridized carbons (Fsp3) is 0.133. The number of nitrogens with one attached hydrogen (secondary N) is 2. The van der Waals surface area contributed by atoms with Crippen LogP contribution in [0.15, 0.2) is 103 Å². The first-order chi connectivity index (χ1) is 17.0. The van der Waals surface area contributed by atoms with Crippen molar-refractivity contribution in [3.05, 3.63) is 137 Å². The van der Waals surface area contributed by atoms with Crippen LogP contribution in [0.2, 0.25) is 0 Å². The summed E-state index contributed by atoms with van der Waals surface area (Å²) in [4.78, 5) is 26.3. The van der Waals surface area contributed by atoms with Crippen LogP contribution in [0.5, 0.6) is 5.75 Å². The van der Waals surface area contributed by atoms with Gasteiger partial charge in [0.2, 0.25) is 0 Å². The van der Waals surface area contributed by atoms with Crippen molar-refractivity contribution in [2.45, 2.75) is 26.6 Å². The van der Waals surface area contributed by atoms with Gasteiger partial charge in [-0.3, -0.25) is 9.59 Å². The van der Waals surface area contributed by atoms with E-state index in [2.05, 4.69) is 10.6 Å². The summed E-state index contributed by atoms with van der Waals surface area (Å²) in [7, 11) is 0. The molecule has 0 saturated carbocycles. The Labute approximate surface area is 205 Å². The first-order valence-corrected chi connectivity index (χ1v) is 11.5. The zero-order valence-electron chi connectivity index (χ0n) is 19.8. The van der Waals surface area contributed by atoms with Gasteiger partial charge >= 0.3 is 0 Å². The van der Waals surface area contributed by atoms with Gasteiger partial charge in [0.1, 0.15) is 18.5 Å². The predicted molar refractivity (Wildman–Crippen MR) is 137 cm³/mol. The molecule has 0 fully saturated rings. The molecule has 35 heavy (non-hydrogen) atoms. The highest BCUT2D eigenvalue weighted by atomic mass is 16.5. The van der Waals surface area contributed by atoms with Crippen LogP contribution in [0.25, 0.3) is 0 Å². The van der Waals surface area contributed by atoms with Gasteiger partial charge in [-0.2, -0.15) is 0 Å². The molecular formula is C30H28N2O3. The van der Waals surface area contributed by atoms with E-state index in [1.54, 1.807) is 12.1 Å². The van der Waals surface area contributed by atoms with Gasteiger partial charge in [-0.1, -0.05) is 78.9 Å². The Hall–Kier alpha value is -4.38. The zero-order chi connectivity index (χ0) is 24.6. The lowest BCUT2D eigenvalue weighted by Gasteiger charge is -2.22. The van der Waals surface area contributed by atoms with Gasteiger partial charge < -0.3 is 15.4 Å². The van der Waals surface area contributed by atoms with Crippen molar-refractivity contribution >= 4 is 11.8 Å². The summed E-state index contributed by atoms with van der Waals surface area (Å²) in [5.41, 5.74) is 4.58.